The summed E-state index contributed by atoms with van der Waals surface area (Å²) in [6.07, 6.45) is 4.55. The molecule has 3 aromatic rings. The van der Waals surface area contributed by atoms with Crippen LogP contribution in [0.15, 0.2) is 67.0 Å². The molecule has 2 heteroatoms. The van der Waals surface area contributed by atoms with E-state index < -0.39 is 0 Å². The number of para-hydroxylation sites is 1. The Kier molecular flexibility index (Phi) is 2.52. The third kappa shape index (κ3) is 1.86. The highest BCUT2D eigenvalue weighted by Crippen LogP contribution is 2.38. The van der Waals surface area contributed by atoms with E-state index in [9.17, 15) is 0 Å². The summed E-state index contributed by atoms with van der Waals surface area (Å²) in [5.74, 6) is 1.92. The average Bonchev–Trinajstić information content (AvgIpc) is 2.53. The van der Waals surface area contributed by atoms with Crippen molar-refractivity contribution in [2.24, 2.45) is 0 Å². The Morgan fingerprint density at radius 1 is 0.750 bits per heavy atom. The molecule has 0 atom stereocenters. The second-order valence-electron chi connectivity index (χ2n) is 4.94. The van der Waals surface area contributed by atoms with Crippen LogP contribution in [-0.4, -0.2) is 4.98 Å². The molecule has 0 saturated carbocycles. The van der Waals surface area contributed by atoms with Crippen LogP contribution >= 0.6 is 0 Å². The molecule has 0 aliphatic carbocycles. The summed E-state index contributed by atoms with van der Waals surface area (Å²) in [7, 11) is 0. The lowest BCUT2D eigenvalue weighted by molar-refractivity contribution is 0.460. The molecule has 0 bridgehead atoms. The summed E-state index contributed by atoms with van der Waals surface area (Å²) >= 11 is 0. The lowest BCUT2D eigenvalue weighted by Crippen LogP contribution is -2.02. The van der Waals surface area contributed by atoms with Crippen molar-refractivity contribution in [2.45, 2.75) is 6.42 Å². The van der Waals surface area contributed by atoms with Crippen molar-refractivity contribution in [3.8, 4) is 22.6 Å². The number of benzene rings is 2. The first kappa shape index (κ1) is 11.2. The zero-order chi connectivity index (χ0) is 13.4. The van der Waals surface area contributed by atoms with Gasteiger partial charge in [-0.1, -0.05) is 30.3 Å². The quantitative estimate of drug-likeness (QED) is 0.504. The maximum Gasteiger partial charge on any atom is 0.131 e. The maximum absolute atomic E-state index is 6.02. The molecule has 1 aromatic heterocycles. The van der Waals surface area contributed by atoms with Crippen molar-refractivity contribution in [3.05, 3.63) is 78.1 Å². The first-order chi connectivity index (χ1) is 9.90. The Morgan fingerprint density at radius 2 is 1.55 bits per heavy atom. The monoisotopic (exact) mass is 259 g/mol. The standard InChI is InChI=1S/C18H13NO/c1-2-4-17-15(3-1)11-16-6-5-14(12-18(16)20-17)13-7-9-19-10-8-13/h1-10,12H,11H2. The van der Waals surface area contributed by atoms with Crippen LogP contribution in [0.1, 0.15) is 11.1 Å². The molecule has 20 heavy (non-hydrogen) atoms. The van der Waals surface area contributed by atoms with E-state index in [0.29, 0.717) is 0 Å². The molecule has 2 nitrogen and oxygen atoms in total. The lowest BCUT2D eigenvalue weighted by Gasteiger charge is -2.20. The molecule has 2 heterocycles. The SMILES string of the molecule is c1ccc2c(c1)Cc1ccc(-c3ccncc3)cc1O2. The molecule has 0 amide bonds. The van der Waals surface area contributed by atoms with E-state index in [2.05, 4.69) is 35.3 Å². The van der Waals surface area contributed by atoms with E-state index in [1.165, 1.54) is 11.1 Å². The third-order valence-electron chi connectivity index (χ3n) is 3.65. The van der Waals surface area contributed by atoms with Crippen LogP contribution in [-0.2, 0) is 6.42 Å². The van der Waals surface area contributed by atoms with Gasteiger partial charge in [0.25, 0.3) is 0 Å². The number of hydrogen-bond acceptors (Lipinski definition) is 2. The predicted octanol–water partition coefficient (Wildman–Crippen LogP) is 4.45. The van der Waals surface area contributed by atoms with Crippen molar-refractivity contribution < 1.29 is 4.74 Å². The summed E-state index contributed by atoms with van der Waals surface area (Å²) in [4.78, 5) is 4.06. The molecule has 4 rings (SSSR count). The molecule has 0 fully saturated rings. The number of ether oxygens (including phenoxy) is 1. The first-order valence-electron chi connectivity index (χ1n) is 6.69. The Bertz CT molecular complexity index is 765. The highest BCUT2D eigenvalue weighted by atomic mass is 16.5. The van der Waals surface area contributed by atoms with Gasteiger partial charge in [-0.2, -0.15) is 0 Å². The number of fused-ring (bicyclic) bond motifs is 2. The van der Waals surface area contributed by atoms with Crippen LogP contribution in [0, 0.1) is 0 Å². The Morgan fingerprint density at radius 3 is 2.45 bits per heavy atom. The van der Waals surface area contributed by atoms with Gasteiger partial charge in [-0.3, -0.25) is 4.98 Å². The summed E-state index contributed by atoms with van der Waals surface area (Å²) in [5, 5.41) is 0. The van der Waals surface area contributed by atoms with Crippen molar-refractivity contribution in [2.75, 3.05) is 0 Å². The topological polar surface area (TPSA) is 22.1 Å². The first-order valence-corrected chi connectivity index (χ1v) is 6.69. The van der Waals surface area contributed by atoms with Crippen LogP contribution < -0.4 is 4.74 Å². The van der Waals surface area contributed by atoms with Gasteiger partial charge in [-0.25, -0.2) is 0 Å². The van der Waals surface area contributed by atoms with Gasteiger partial charge < -0.3 is 4.74 Å². The number of rotatable bonds is 1. The fourth-order valence-corrected chi connectivity index (χ4v) is 2.59. The van der Waals surface area contributed by atoms with E-state index in [-0.39, 0.29) is 0 Å². The smallest absolute Gasteiger partial charge is 0.131 e. The van der Waals surface area contributed by atoms with Crippen LogP contribution in [0.2, 0.25) is 0 Å². The van der Waals surface area contributed by atoms with E-state index in [4.69, 9.17) is 4.74 Å². The predicted molar refractivity (Wildman–Crippen MR) is 79.0 cm³/mol. The Hall–Kier alpha value is -2.61. The second kappa shape index (κ2) is 4.49. The van der Waals surface area contributed by atoms with Crippen LogP contribution in [0.4, 0.5) is 0 Å². The van der Waals surface area contributed by atoms with Gasteiger partial charge in [0, 0.05) is 18.8 Å². The van der Waals surface area contributed by atoms with E-state index in [0.717, 1.165) is 29.0 Å². The molecule has 0 spiro atoms. The number of pyridine rings is 1. The maximum atomic E-state index is 6.02. The number of nitrogens with zero attached hydrogens (tertiary/aromatic N) is 1. The van der Waals surface area contributed by atoms with Crippen molar-refractivity contribution in [1.29, 1.82) is 0 Å². The van der Waals surface area contributed by atoms with E-state index in [1.807, 2.05) is 36.7 Å². The highest BCUT2D eigenvalue weighted by molar-refractivity contribution is 5.67. The van der Waals surface area contributed by atoms with E-state index in [1.54, 1.807) is 0 Å². The lowest BCUT2D eigenvalue weighted by atomic mass is 9.97. The molecular weight excluding hydrogens is 246 g/mol. The summed E-state index contributed by atoms with van der Waals surface area (Å²) in [6, 6.07) is 18.6. The van der Waals surface area contributed by atoms with Gasteiger partial charge >= 0.3 is 0 Å². The summed E-state index contributed by atoms with van der Waals surface area (Å²) < 4.78 is 6.02. The molecule has 96 valence electrons. The van der Waals surface area contributed by atoms with Gasteiger partial charge in [0.05, 0.1) is 0 Å². The number of hydrogen-bond donors (Lipinski definition) is 0. The van der Waals surface area contributed by atoms with Gasteiger partial charge in [0.2, 0.25) is 0 Å². The van der Waals surface area contributed by atoms with Crippen LogP contribution in [0.5, 0.6) is 11.5 Å². The number of aromatic nitrogens is 1. The Balaban J connectivity index is 1.77. The molecular formula is C18H13NO. The average molecular weight is 259 g/mol. The van der Waals surface area contributed by atoms with E-state index >= 15 is 0 Å². The minimum absolute atomic E-state index is 0.933. The molecule has 1 aliphatic rings. The zero-order valence-electron chi connectivity index (χ0n) is 10.9. The molecule has 0 saturated heterocycles. The normalized spacial score (nSPS) is 12.2. The largest absolute Gasteiger partial charge is 0.457 e. The van der Waals surface area contributed by atoms with Gasteiger partial charge in [0.1, 0.15) is 11.5 Å². The molecule has 0 radical (unpaired) electrons. The highest BCUT2D eigenvalue weighted by Gasteiger charge is 2.16. The van der Waals surface area contributed by atoms with Crippen molar-refractivity contribution >= 4 is 0 Å². The summed E-state index contributed by atoms with van der Waals surface area (Å²) in [5.41, 5.74) is 4.80. The third-order valence-corrected chi connectivity index (χ3v) is 3.65. The van der Waals surface area contributed by atoms with Crippen molar-refractivity contribution in [1.82, 2.24) is 4.98 Å². The van der Waals surface area contributed by atoms with Crippen LogP contribution in [0.3, 0.4) is 0 Å². The van der Waals surface area contributed by atoms with Crippen molar-refractivity contribution in [3.63, 3.8) is 0 Å². The Labute approximate surface area is 117 Å². The van der Waals surface area contributed by atoms with Crippen LogP contribution in [0.25, 0.3) is 11.1 Å². The molecule has 0 N–H and O–H groups in total. The second-order valence-corrected chi connectivity index (χ2v) is 4.94. The van der Waals surface area contributed by atoms with Gasteiger partial charge in [-0.05, 0) is 46.5 Å². The minimum Gasteiger partial charge on any atom is -0.457 e. The molecule has 0 unspecified atom stereocenters. The minimum atomic E-state index is 0.933. The van der Waals surface area contributed by atoms with Gasteiger partial charge in [0.15, 0.2) is 0 Å². The fourth-order valence-electron chi connectivity index (χ4n) is 2.59. The summed E-state index contributed by atoms with van der Waals surface area (Å²) in [6.45, 7) is 0. The zero-order valence-corrected chi connectivity index (χ0v) is 10.9. The molecule has 1 aliphatic heterocycles. The fraction of sp³-hybridized carbons (Fsp3) is 0.0556. The van der Waals surface area contributed by atoms with Gasteiger partial charge in [-0.15, -0.1) is 0 Å². The molecule has 2 aromatic carbocycles.